The van der Waals surface area contributed by atoms with Crippen molar-refractivity contribution in [3.63, 3.8) is 0 Å². The van der Waals surface area contributed by atoms with Crippen molar-refractivity contribution < 1.29 is 17.5 Å². The Morgan fingerprint density at radius 2 is 1.41 bits per heavy atom. The maximum Gasteiger partial charge on any atom is 0.264 e. The molecule has 32 heavy (non-hydrogen) atoms. The van der Waals surface area contributed by atoms with Crippen LogP contribution in [0.15, 0.2) is 36.7 Å². The van der Waals surface area contributed by atoms with Crippen LogP contribution in [0.4, 0.5) is 0 Å². The molecule has 0 bridgehead atoms. The van der Waals surface area contributed by atoms with Crippen molar-refractivity contribution in [1.29, 1.82) is 0 Å². The van der Waals surface area contributed by atoms with Crippen LogP contribution in [0.3, 0.4) is 0 Å². The van der Waals surface area contributed by atoms with Gasteiger partial charge in [0.15, 0.2) is 29.9 Å². The molecule has 0 atom stereocenters. The molecule has 2 heterocycles. The molecule has 0 aliphatic carbocycles. The predicted octanol–water partition coefficient (Wildman–Crippen LogP) is 5.21. The van der Waals surface area contributed by atoms with E-state index in [1.165, 1.54) is 6.08 Å². The molecular weight excluding hydrogens is 565 g/mol. The number of aryl methyl sites for hydroxylation is 1. The fraction of sp³-hybridized carbons (Fsp3) is 0.333. The molecule has 0 saturated heterocycles. The van der Waals surface area contributed by atoms with Gasteiger partial charge < -0.3 is 0 Å². The summed E-state index contributed by atoms with van der Waals surface area (Å²) in [7, 11) is -3.91. The molecule has 0 aliphatic heterocycles. The summed E-state index contributed by atoms with van der Waals surface area (Å²) in [5, 5.41) is 0. The summed E-state index contributed by atoms with van der Waals surface area (Å²) in [5.74, 6) is -0.449. The SMILES string of the molecule is O=S(=O)(O)CCCC[n+]1ccc(C=CC=Cc2nc(C(Cl)(Cl)Cl)nc(C(Cl)(Cl)Cl)n2)cc1. The quantitative estimate of drug-likeness (QED) is 0.151. The number of unbranched alkanes of at least 4 members (excludes halogenated alkanes) is 1. The van der Waals surface area contributed by atoms with Crippen LogP contribution in [-0.2, 0) is 24.2 Å². The molecular formula is C18H17Cl6N4O3S+. The number of aromatic nitrogens is 4. The third-order valence-electron chi connectivity index (χ3n) is 3.79. The Morgan fingerprint density at radius 3 is 1.91 bits per heavy atom. The fourth-order valence-electron chi connectivity index (χ4n) is 2.34. The van der Waals surface area contributed by atoms with Crippen LogP contribution in [0.1, 0.15) is 35.9 Å². The van der Waals surface area contributed by atoms with Crippen molar-refractivity contribution in [1.82, 2.24) is 15.0 Å². The number of rotatable bonds is 8. The standard InChI is InChI=1S/C18H16Cl6N4O3S/c19-17(20,21)15-25-14(26-16(27-15)18(22,23)24)6-2-1-5-13-7-10-28(11-8-13)9-3-4-12-32(29,30)31/h1-2,5-8,10-11H,3-4,9,12H2/p+1. The predicted molar refractivity (Wildman–Crippen MR) is 129 cm³/mol. The van der Waals surface area contributed by atoms with E-state index in [4.69, 9.17) is 74.2 Å². The molecule has 2 aromatic heterocycles. The highest BCUT2D eigenvalue weighted by Gasteiger charge is 2.33. The Hall–Kier alpha value is -0.710. The van der Waals surface area contributed by atoms with Gasteiger partial charge in [-0.2, -0.15) is 8.42 Å². The minimum atomic E-state index is -3.91. The monoisotopic (exact) mass is 579 g/mol. The first-order valence-corrected chi connectivity index (χ1v) is 12.8. The highest BCUT2D eigenvalue weighted by molar-refractivity contribution is 7.85. The first kappa shape index (κ1) is 27.5. The van der Waals surface area contributed by atoms with Gasteiger partial charge in [-0.3, -0.25) is 4.55 Å². The highest BCUT2D eigenvalue weighted by Crippen LogP contribution is 2.39. The molecule has 0 saturated carbocycles. The third kappa shape index (κ3) is 10.1. The summed E-state index contributed by atoms with van der Waals surface area (Å²) in [5.41, 5.74) is 0.920. The van der Waals surface area contributed by atoms with E-state index in [0.717, 1.165) is 5.56 Å². The number of pyridine rings is 1. The van der Waals surface area contributed by atoms with Gasteiger partial charge in [0.25, 0.3) is 10.1 Å². The molecule has 0 unspecified atom stereocenters. The molecule has 2 aromatic rings. The Kier molecular flexibility index (Phi) is 10.00. The normalized spacial score (nSPS) is 13.3. The van der Waals surface area contributed by atoms with Gasteiger partial charge in [0.05, 0.1) is 5.75 Å². The van der Waals surface area contributed by atoms with Gasteiger partial charge in [-0.1, -0.05) is 87.8 Å². The first-order chi connectivity index (χ1) is 14.7. The van der Waals surface area contributed by atoms with E-state index in [1.54, 1.807) is 12.2 Å². The molecule has 0 amide bonds. The van der Waals surface area contributed by atoms with Gasteiger partial charge in [-0.15, -0.1) is 0 Å². The maximum absolute atomic E-state index is 10.7. The first-order valence-electron chi connectivity index (χ1n) is 8.93. The molecule has 0 fully saturated rings. The highest BCUT2D eigenvalue weighted by atomic mass is 35.6. The fourth-order valence-corrected chi connectivity index (χ4v) is 3.41. The summed E-state index contributed by atoms with van der Waals surface area (Å²) in [4.78, 5) is 12.0. The molecule has 0 aliphatic rings. The van der Waals surface area contributed by atoms with E-state index in [-0.39, 0.29) is 23.2 Å². The zero-order valence-electron chi connectivity index (χ0n) is 16.2. The van der Waals surface area contributed by atoms with Crippen molar-refractivity contribution in [2.24, 2.45) is 0 Å². The molecule has 2 rings (SSSR count). The number of hydrogen-bond donors (Lipinski definition) is 1. The lowest BCUT2D eigenvalue weighted by Gasteiger charge is -2.14. The van der Waals surface area contributed by atoms with Gasteiger partial charge in [-0.05, 0) is 18.1 Å². The summed E-state index contributed by atoms with van der Waals surface area (Å²) >= 11 is 35.0. The van der Waals surface area contributed by atoms with Crippen LogP contribution in [0.2, 0.25) is 0 Å². The second-order valence-corrected chi connectivity index (χ2v) is 12.6. The molecule has 7 nitrogen and oxygen atoms in total. The number of allylic oxidation sites excluding steroid dienone is 2. The van der Waals surface area contributed by atoms with Gasteiger partial charge in [0, 0.05) is 18.6 Å². The molecule has 14 heteroatoms. The average Bonchev–Trinajstić information content (AvgIpc) is 2.67. The van der Waals surface area contributed by atoms with E-state index in [9.17, 15) is 8.42 Å². The van der Waals surface area contributed by atoms with Gasteiger partial charge in [0.2, 0.25) is 7.59 Å². The van der Waals surface area contributed by atoms with Crippen LogP contribution in [0.25, 0.3) is 12.2 Å². The lowest BCUT2D eigenvalue weighted by atomic mass is 10.2. The van der Waals surface area contributed by atoms with E-state index in [1.807, 2.05) is 35.2 Å². The second-order valence-electron chi connectivity index (χ2n) is 6.42. The minimum absolute atomic E-state index is 0.142. The number of hydrogen-bond acceptors (Lipinski definition) is 5. The number of alkyl halides is 6. The molecule has 174 valence electrons. The van der Waals surface area contributed by atoms with Crippen molar-refractivity contribution in [3.8, 4) is 0 Å². The van der Waals surface area contributed by atoms with Crippen molar-refractivity contribution in [2.75, 3.05) is 5.75 Å². The summed E-state index contributed by atoms with van der Waals surface area (Å²) in [6.45, 7) is 0.635. The summed E-state index contributed by atoms with van der Waals surface area (Å²) in [6, 6.07) is 3.77. The summed E-state index contributed by atoms with van der Waals surface area (Å²) in [6.07, 6.45) is 11.5. The Balaban J connectivity index is 2.02. The number of halogens is 6. The smallest absolute Gasteiger partial charge is 0.264 e. The lowest BCUT2D eigenvalue weighted by molar-refractivity contribution is -0.697. The van der Waals surface area contributed by atoms with Crippen LogP contribution >= 0.6 is 69.6 Å². The molecule has 0 spiro atoms. The van der Waals surface area contributed by atoms with Gasteiger partial charge >= 0.3 is 0 Å². The molecule has 1 N–H and O–H groups in total. The molecule has 0 radical (unpaired) electrons. The van der Waals surface area contributed by atoms with Crippen LogP contribution in [-0.4, -0.2) is 33.7 Å². The lowest BCUT2D eigenvalue weighted by Crippen LogP contribution is -2.32. The van der Waals surface area contributed by atoms with Crippen LogP contribution in [0, 0.1) is 0 Å². The largest absolute Gasteiger partial charge is 0.286 e. The zero-order valence-corrected chi connectivity index (χ0v) is 21.5. The second kappa shape index (κ2) is 11.6. The zero-order chi connectivity index (χ0) is 24.0. The van der Waals surface area contributed by atoms with Gasteiger partial charge in [0.1, 0.15) is 6.54 Å². The Bertz CT molecular complexity index is 1050. The van der Waals surface area contributed by atoms with E-state index in [0.29, 0.717) is 19.4 Å². The van der Waals surface area contributed by atoms with Gasteiger partial charge in [-0.25, -0.2) is 19.5 Å². The number of nitrogens with zero attached hydrogens (tertiary/aromatic N) is 4. The van der Waals surface area contributed by atoms with E-state index < -0.39 is 17.7 Å². The van der Waals surface area contributed by atoms with E-state index >= 15 is 0 Å². The molecule has 0 aromatic carbocycles. The Morgan fingerprint density at radius 1 is 0.875 bits per heavy atom. The van der Waals surface area contributed by atoms with Crippen LogP contribution < -0.4 is 4.57 Å². The summed E-state index contributed by atoms with van der Waals surface area (Å²) < 4.78 is 28.2. The van der Waals surface area contributed by atoms with Crippen molar-refractivity contribution >= 4 is 91.9 Å². The maximum atomic E-state index is 10.7. The van der Waals surface area contributed by atoms with Crippen molar-refractivity contribution in [3.05, 3.63) is 59.7 Å². The van der Waals surface area contributed by atoms with Crippen molar-refractivity contribution in [2.45, 2.75) is 27.0 Å². The van der Waals surface area contributed by atoms with E-state index in [2.05, 4.69) is 15.0 Å². The third-order valence-corrected chi connectivity index (χ3v) is 5.61. The Labute approximate surface area is 215 Å². The topological polar surface area (TPSA) is 96.9 Å². The van der Waals surface area contributed by atoms with Crippen LogP contribution in [0.5, 0.6) is 0 Å². The average molecular weight is 582 g/mol. The minimum Gasteiger partial charge on any atom is -0.286 e.